The smallest absolute Gasteiger partial charge is 0.0991 e. The highest BCUT2D eigenvalue weighted by Gasteiger charge is 2.23. The third-order valence-electron chi connectivity index (χ3n) is 6.24. The van der Waals surface area contributed by atoms with Crippen LogP contribution in [0.4, 0.5) is 5.69 Å². The van der Waals surface area contributed by atoms with Gasteiger partial charge < -0.3 is 10.2 Å². The van der Waals surface area contributed by atoms with Gasteiger partial charge in [-0.2, -0.15) is 5.26 Å². The lowest BCUT2D eigenvalue weighted by Gasteiger charge is -2.36. The maximum Gasteiger partial charge on any atom is 0.0991 e. The second-order valence-corrected chi connectivity index (χ2v) is 9.49. The Bertz CT molecular complexity index is 1220. The van der Waals surface area contributed by atoms with Crippen molar-refractivity contribution in [3.63, 3.8) is 0 Å². The summed E-state index contributed by atoms with van der Waals surface area (Å²) < 4.78 is 0. The second-order valence-electron chi connectivity index (χ2n) is 8.62. The molecule has 1 aromatic heterocycles. The molecule has 0 saturated carbocycles. The van der Waals surface area contributed by atoms with Crippen molar-refractivity contribution in [1.82, 2.24) is 10.3 Å². The van der Waals surface area contributed by atoms with Gasteiger partial charge in [0.1, 0.15) is 0 Å². The third-order valence-corrected chi connectivity index (χ3v) is 6.68. The Morgan fingerprint density at radius 2 is 1.88 bits per heavy atom. The molecule has 0 atom stereocenters. The van der Waals surface area contributed by atoms with Gasteiger partial charge in [-0.05, 0) is 79.4 Å². The Morgan fingerprint density at radius 1 is 1.15 bits per heavy atom. The molecule has 1 aliphatic rings. The summed E-state index contributed by atoms with van der Waals surface area (Å²) in [6, 6.07) is 16.1. The molecule has 1 N–H and O–H groups in total. The van der Waals surface area contributed by atoms with Crippen LogP contribution in [0.2, 0.25) is 10.0 Å². The van der Waals surface area contributed by atoms with Crippen molar-refractivity contribution in [3.8, 4) is 17.2 Å². The molecule has 0 amide bonds. The van der Waals surface area contributed by atoms with Crippen molar-refractivity contribution in [2.24, 2.45) is 0 Å². The van der Waals surface area contributed by atoms with Gasteiger partial charge in [-0.15, -0.1) is 0 Å². The number of hydrogen-bond donors (Lipinski definition) is 1. The zero-order chi connectivity index (χ0) is 24.1. The molecule has 4 nitrogen and oxygen atoms in total. The van der Waals surface area contributed by atoms with Gasteiger partial charge in [0.2, 0.25) is 0 Å². The predicted octanol–water partition coefficient (Wildman–Crippen LogP) is 7.07. The van der Waals surface area contributed by atoms with Crippen LogP contribution in [0, 0.1) is 11.3 Å². The molecule has 0 spiro atoms. The number of nitrogens with zero attached hydrogens (tertiary/aromatic N) is 3. The largest absolute Gasteiger partial charge is 0.370 e. The molecule has 6 heteroatoms. The number of aromatic nitrogens is 1. The summed E-state index contributed by atoms with van der Waals surface area (Å²) in [4.78, 5) is 7.03. The van der Waals surface area contributed by atoms with Gasteiger partial charge in [-0.25, -0.2) is 0 Å². The Hall–Kier alpha value is -2.84. The van der Waals surface area contributed by atoms with E-state index in [0.717, 1.165) is 66.0 Å². The summed E-state index contributed by atoms with van der Waals surface area (Å²) in [5.41, 5.74) is 6.88. The summed E-state index contributed by atoms with van der Waals surface area (Å²) in [7, 11) is 0. The molecule has 0 aliphatic carbocycles. The number of pyridine rings is 1. The first-order valence-electron chi connectivity index (χ1n) is 11.6. The summed E-state index contributed by atoms with van der Waals surface area (Å²) in [5, 5.41) is 14.1. The molecular weight excluding hydrogens is 463 g/mol. The van der Waals surface area contributed by atoms with Crippen LogP contribution < -0.4 is 10.2 Å². The second kappa shape index (κ2) is 11.1. The topological polar surface area (TPSA) is 52.0 Å². The lowest BCUT2D eigenvalue weighted by molar-refractivity contribution is 0.424. The molecule has 3 aromatic rings. The van der Waals surface area contributed by atoms with Gasteiger partial charge in [-0.3, -0.25) is 4.98 Å². The number of nitrogens with one attached hydrogen (secondary N) is 1. The Balaban J connectivity index is 1.81. The van der Waals surface area contributed by atoms with Crippen molar-refractivity contribution in [3.05, 3.63) is 81.6 Å². The van der Waals surface area contributed by atoms with Gasteiger partial charge in [-0.1, -0.05) is 42.3 Å². The van der Waals surface area contributed by atoms with E-state index < -0.39 is 0 Å². The molecule has 1 aliphatic heterocycles. The normalized spacial score (nSPS) is 14.8. The van der Waals surface area contributed by atoms with Crippen molar-refractivity contribution in [2.45, 2.75) is 32.7 Å². The number of rotatable bonds is 6. The minimum atomic E-state index is 0.543. The lowest BCUT2D eigenvalue weighted by Crippen LogP contribution is -2.42. The lowest BCUT2D eigenvalue weighted by atomic mass is 9.96. The number of nitriles is 1. The van der Waals surface area contributed by atoms with Crippen molar-refractivity contribution < 1.29 is 0 Å². The quantitative estimate of drug-likeness (QED) is 0.401. The van der Waals surface area contributed by atoms with E-state index in [1.54, 1.807) is 6.07 Å². The fraction of sp³-hybridized carbons (Fsp3) is 0.286. The predicted molar refractivity (Wildman–Crippen MR) is 143 cm³/mol. The summed E-state index contributed by atoms with van der Waals surface area (Å²) in [6.07, 6.45) is 8.14. The number of piperidine rings is 1. The third kappa shape index (κ3) is 5.62. The van der Waals surface area contributed by atoms with Gasteiger partial charge >= 0.3 is 0 Å². The van der Waals surface area contributed by atoms with Gasteiger partial charge in [0.25, 0.3) is 0 Å². The van der Waals surface area contributed by atoms with Crippen LogP contribution in [0.3, 0.4) is 0 Å². The molecule has 1 saturated heterocycles. The molecule has 0 bridgehead atoms. The average molecular weight is 491 g/mol. The Labute approximate surface area is 211 Å². The minimum absolute atomic E-state index is 0.543. The van der Waals surface area contributed by atoms with Gasteiger partial charge in [0.15, 0.2) is 0 Å². The molecule has 0 unspecified atom stereocenters. The molecule has 2 aromatic carbocycles. The highest BCUT2D eigenvalue weighted by Crippen LogP contribution is 2.38. The Morgan fingerprint density at radius 3 is 2.56 bits per heavy atom. The highest BCUT2D eigenvalue weighted by atomic mass is 35.5. The zero-order valence-corrected chi connectivity index (χ0v) is 21.0. The number of benzene rings is 2. The molecule has 4 rings (SSSR count). The van der Waals surface area contributed by atoms with E-state index in [4.69, 9.17) is 23.2 Å². The Kier molecular flexibility index (Phi) is 7.90. The van der Waals surface area contributed by atoms with E-state index in [9.17, 15) is 5.26 Å². The van der Waals surface area contributed by atoms with Crippen LogP contribution in [0.15, 0.2) is 54.9 Å². The monoisotopic (exact) mass is 490 g/mol. The molecular formula is C28H28Cl2N4. The van der Waals surface area contributed by atoms with E-state index >= 15 is 0 Å². The standard InChI is InChI=1S/C28H28Cl2N4/c1-3-33-26-7-9-34(10-8-26)28-23(11-19(2)21-6-4-5-20(12-21)16-31)17-32-18-27(28)22-13-24(29)15-25(30)14-22/h4-6,11-15,17-18,26,33H,3,7-10H2,1-2H3. The van der Waals surface area contributed by atoms with Gasteiger partial charge in [0.05, 0.1) is 17.3 Å². The van der Waals surface area contributed by atoms with Crippen LogP contribution in [0.1, 0.15) is 43.4 Å². The SMILES string of the molecule is CCNC1CCN(c2c(C=C(C)c3cccc(C#N)c3)cncc2-c2cc(Cl)cc(Cl)c2)CC1. The first-order valence-corrected chi connectivity index (χ1v) is 12.4. The van der Waals surface area contributed by atoms with Crippen LogP contribution in [-0.4, -0.2) is 30.7 Å². The highest BCUT2D eigenvalue weighted by molar-refractivity contribution is 6.35. The first-order chi connectivity index (χ1) is 16.5. The molecule has 1 fully saturated rings. The molecule has 34 heavy (non-hydrogen) atoms. The van der Waals surface area contributed by atoms with Crippen molar-refractivity contribution in [1.29, 1.82) is 5.26 Å². The maximum atomic E-state index is 9.30. The molecule has 174 valence electrons. The number of anilines is 1. The average Bonchev–Trinajstić information content (AvgIpc) is 2.84. The fourth-order valence-corrected chi connectivity index (χ4v) is 5.12. The van der Waals surface area contributed by atoms with Crippen LogP contribution in [0.25, 0.3) is 22.8 Å². The summed E-state index contributed by atoms with van der Waals surface area (Å²) in [6.45, 7) is 7.12. The maximum absolute atomic E-state index is 9.30. The number of hydrogen-bond acceptors (Lipinski definition) is 4. The van der Waals surface area contributed by atoms with Crippen LogP contribution >= 0.6 is 23.2 Å². The van der Waals surface area contributed by atoms with Crippen LogP contribution in [0.5, 0.6) is 0 Å². The fourth-order valence-electron chi connectivity index (χ4n) is 4.60. The minimum Gasteiger partial charge on any atom is -0.370 e. The van der Waals surface area contributed by atoms with E-state index in [1.165, 1.54) is 0 Å². The van der Waals surface area contributed by atoms with E-state index in [1.807, 2.05) is 48.8 Å². The molecule has 0 radical (unpaired) electrons. The summed E-state index contributed by atoms with van der Waals surface area (Å²) in [5.74, 6) is 0. The van der Waals surface area contributed by atoms with Gasteiger partial charge in [0, 0.05) is 52.7 Å². The van der Waals surface area contributed by atoms with E-state index in [0.29, 0.717) is 21.7 Å². The zero-order valence-electron chi connectivity index (χ0n) is 19.5. The van der Waals surface area contributed by atoms with Crippen LogP contribution in [-0.2, 0) is 0 Å². The number of allylic oxidation sites excluding steroid dienone is 1. The summed E-state index contributed by atoms with van der Waals surface area (Å²) >= 11 is 12.7. The van der Waals surface area contributed by atoms with E-state index in [-0.39, 0.29) is 0 Å². The van der Waals surface area contributed by atoms with E-state index in [2.05, 4.69) is 41.2 Å². The number of halogens is 2. The first kappa shape index (κ1) is 24.3. The van der Waals surface area contributed by atoms with Crippen molar-refractivity contribution >= 4 is 40.5 Å². The molecule has 2 heterocycles. The van der Waals surface area contributed by atoms with Crippen molar-refractivity contribution in [2.75, 3.05) is 24.5 Å².